The van der Waals surface area contributed by atoms with Crippen LogP contribution in [-0.4, -0.2) is 73.7 Å². The predicted molar refractivity (Wildman–Crippen MR) is 50.7 cm³/mol. The summed E-state index contributed by atoms with van der Waals surface area (Å²) >= 11 is 0. The fraction of sp³-hybridized carbons (Fsp3) is 1.00. The topological polar surface area (TPSA) is 148 Å². The quantitative estimate of drug-likeness (QED) is 0.287. The van der Waals surface area contributed by atoms with Gasteiger partial charge in [-0.05, 0) is 0 Å². The Kier molecular flexibility index (Phi) is 4.09. The zero-order valence-electron chi connectivity index (χ0n) is 8.41. The molecule has 0 aromatic carbocycles. The van der Waals surface area contributed by atoms with Crippen molar-refractivity contribution in [2.75, 3.05) is 6.66 Å². The van der Waals surface area contributed by atoms with Gasteiger partial charge >= 0.3 is 7.60 Å². The monoisotopic (exact) mass is 258 g/mol. The first-order chi connectivity index (χ1) is 7.15. The molecule has 1 saturated carbocycles. The van der Waals surface area contributed by atoms with Crippen LogP contribution in [0, 0.1) is 0 Å². The van der Waals surface area contributed by atoms with Crippen LogP contribution in [0.15, 0.2) is 0 Å². The first kappa shape index (κ1) is 14.0. The Morgan fingerprint density at radius 3 is 1.50 bits per heavy atom. The molecule has 1 fully saturated rings. The minimum absolute atomic E-state index is 0.830. The van der Waals surface area contributed by atoms with Crippen LogP contribution in [-0.2, 0) is 9.09 Å². The zero-order chi connectivity index (χ0) is 12.7. The van der Waals surface area contributed by atoms with E-state index in [4.69, 9.17) is 4.89 Å². The van der Waals surface area contributed by atoms with Gasteiger partial charge in [-0.15, -0.1) is 0 Å². The van der Waals surface area contributed by atoms with Crippen molar-refractivity contribution in [3.8, 4) is 0 Å². The van der Waals surface area contributed by atoms with Gasteiger partial charge in [0.2, 0.25) is 0 Å². The summed E-state index contributed by atoms with van der Waals surface area (Å²) in [4.78, 5) is 8.93. The first-order valence-electron chi connectivity index (χ1n) is 4.54. The summed E-state index contributed by atoms with van der Waals surface area (Å²) in [5.74, 6) is 0. The highest BCUT2D eigenvalue weighted by molar-refractivity contribution is 7.51. The second kappa shape index (κ2) is 4.67. The second-order valence-corrected chi connectivity index (χ2v) is 5.64. The zero-order valence-corrected chi connectivity index (χ0v) is 9.31. The highest BCUT2D eigenvalue weighted by atomic mass is 31.2. The van der Waals surface area contributed by atoms with E-state index in [1.165, 1.54) is 0 Å². The van der Waals surface area contributed by atoms with Crippen LogP contribution < -0.4 is 0 Å². The van der Waals surface area contributed by atoms with Crippen molar-refractivity contribution in [1.29, 1.82) is 0 Å². The first-order valence-corrected chi connectivity index (χ1v) is 6.56. The van der Waals surface area contributed by atoms with Crippen molar-refractivity contribution in [3.63, 3.8) is 0 Å². The normalized spacial score (nSPS) is 48.7. The van der Waals surface area contributed by atoms with E-state index in [1.807, 2.05) is 0 Å². The molecule has 9 heteroatoms. The van der Waals surface area contributed by atoms with Crippen molar-refractivity contribution in [3.05, 3.63) is 0 Å². The Bertz CT molecular complexity index is 274. The maximum absolute atomic E-state index is 11.0. The lowest BCUT2D eigenvalue weighted by Crippen LogP contribution is -2.64. The molecule has 0 amide bonds. The van der Waals surface area contributed by atoms with Crippen LogP contribution in [0.5, 0.6) is 0 Å². The van der Waals surface area contributed by atoms with Crippen LogP contribution in [0.1, 0.15) is 0 Å². The van der Waals surface area contributed by atoms with Crippen molar-refractivity contribution in [2.24, 2.45) is 0 Å². The molecule has 1 unspecified atom stereocenters. The van der Waals surface area contributed by atoms with Gasteiger partial charge in [-0.25, -0.2) is 0 Å². The lowest BCUT2D eigenvalue weighted by Gasteiger charge is -2.41. The Morgan fingerprint density at radius 1 is 0.875 bits per heavy atom. The molecule has 8 nitrogen and oxygen atoms in total. The molecule has 96 valence electrons. The van der Waals surface area contributed by atoms with Crippen molar-refractivity contribution >= 4 is 7.60 Å². The highest BCUT2D eigenvalue weighted by Crippen LogP contribution is 2.41. The third kappa shape index (κ3) is 2.79. The molecule has 1 aliphatic carbocycles. The Balaban J connectivity index is 2.87. The van der Waals surface area contributed by atoms with Gasteiger partial charge in [0.25, 0.3) is 0 Å². The minimum Gasteiger partial charge on any atom is -0.387 e. The summed E-state index contributed by atoms with van der Waals surface area (Å²) in [7, 11) is -4.01. The van der Waals surface area contributed by atoms with E-state index in [9.17, 15) is 30.1 Å². The molecule has 0 aliphatic heterocycles. The van der Waals surface area contributed by atoms with Gasteiger partial charge < -0.3 is 30.4 Å². The lowest BCUT2D eigenvalue weighted by atomic mass is 9.85. The van der Waals surface area contributed by atoms with E-state index in [0.717, 1.165) is 6.66 Å². The summed E-state index contributed by atoms with van der Waals surface area (Å²) < 4.78 is 15.4. The Labute approximate surface area is 91.3 Å². The van der Waals surface area contributed by atoms with E-state index in [1.54, 1.807) is 0 Å². The third-order valence-corrected chi connectivity index (χ3v) is 3.02. The SMILES string of the molecule is CP(=O)(O)O[C@H]1[C@H](O)[C@H](O)[C@@H](O)[C@H](O)[C@H]1O. The van der Waals surface area contributed by atoms with Crippen LogP contribution in [0.4, 0.5) is 0 Å². The van der Waals surface area contributed by atoms with E-state index >= 15 is 0 Å². The fourth-order valence-corrected chi connectivity index (χ4v) is 2.25. The van der Waals surface area contributed by atoms with E-state index < -0.39 is 44.2 Å². The second-order valence-electron chi connectivity index (χ2n) is 3.83. The largest absolute Gasteiger partial charge is 0.387 e. The van der Waals surface area contributed by atoms with Crippen molar-refractivity contribution < 1.29 is 39.5 Å². The van der Waals surface area contributed by atoms with Gasteiger partial charge in [0.05, 0.1) is 0 Å². The molecule has 7 atom stereocenters. The molecule has 0 aromatic heterocycles. The number of hydrogen-bond acceptors (Lipinski definition) is 7. The molecule has 0 radical (unpaired) electrons. The smallest absolute Gasteiger partial charge is 0.325 e. The summed E-state index contributed by atoms with van der Waals surface area (Å²) in [6.07, 6.45) is -10.5. The molecule has 0 aromatic rings. The molecule has 0 heterocycles. The maximum atomic E-state index is 11.0. The van der Waals surface area contributed by atoms with E-state index in [-0.39, 0.29) is 0 Å². The number of aliphatic hydroxyl groups is 5. The summed E-state index contributed by atoms with van der Waals surface area (Å²) in [6.45, 7) is 0.830. The number of aliphatic hydroxyl groups excluding tert-OH is 5. The van der Waals surface area contributed by atoms with Gasteiger partial charge in [-0.1, -0.05) is 0 Å². The fourth-order valence-electron chi connectivity index (χ4n) is 1.55. The molecule has 16 heavy (non-hydrogen) atoms. The average molecular weight is 258 g/mol. The Hall–Kier alpha value is -0.0500. The molecule has 0 bridgehead atoms. The predicted octanol–water partition coefficient (Wildman–Crippen LogP) is -3.00. The lowest BCUT2D eigenvalue weighted by molar-refractivity contribution is -0.217. The van der Waals surface area contributed by atoms with Crippen LogP contribution in [0.3, 0.4) is 0 Å². The molecule has 1 rings (SSSR count). The molecular formula is C7H15O8P. The molecular weight excluding hydrogens is 243 g/mol. The van der Waals surface area contributed by atoms with Crippen LogP contribution in [0.25, 0.3) is 0 Å². The highest BCUT2D eigenvalue weighted by Gasteiger charge is 2.50. The van der Waals surface area contributed by atoms with E-state index in [0.29, 0.717) is 0 Å². The Morgan fingerprint density at radius 2 is 1.19 bits per heavy atom. The maximum Gasteiger partial charge on any atom is 0.325 e. The van der Waals surface area contributed by atoms with Crippen molar-refractivity contribution in [2.45, 2.75) is 36.6 Å². The summed E-state index contributed by atoms with van der Waals surface area (Å²) in [5.41, 5.74) is 0. The minimum atomic E-state index is -4.01. The van der Waals surface area contributed by atoms with Crippen molar-refractivity contribution in [1.82, 2.24) is 0 Å². The molecule has 6 N–H and O–H groups in total. The van der Waals surface area contributed by atoms with Gasteiger partial charge in [-0.3, -0.25) is 9.09 Å². The van der Waals surface area contributed by atoms with Crippen LogP contribution in [0.2, 0.25) is 0 Å². The van der Waals surface area contributed by atoms with Gasteiger partial charge in [0, 0.05) is 6.66 Å². The standard InChI is InChI=1S/C7H15O8P/c1-16(13,14)15-7-5(11)3(9)2(8)4(10)6(7)12/h2-12H,1H3,(H,13,14)/t2-,3-,4+,5-,6-,7+/m1/s1. The van der Waals surface area contributed by atoms with Gasteiger partial charge in [0.15, 0.2) is 0 Å². The third-order valence-electron chi connectivity index (χ3n) is 2.39. The van der Waals surface area contributed by atoms with Gasteiger partial charge in [-0.2, -0.15) is 0 Å². The van der Waals surface area contributed by atoms with Gasteiger partial charge in [0.1, 0.15) is 36.6 Å². The molecule has 0 saturated heterocycles. The summed E-state index contributed by atoms with van der Waals surface area (Å²) in [6, 6.07) is 0. The summed E-state index contributed by atoms with van der Waals surface area (Å²) in [5, 5.41) is 46.6. The van der Waals surface area contributed by atoms with E-state index in [2.05, 4.69) is 4.52 Å². The molecule has 1 aliphatic rings. The average Bonchev–Trinajstić information content (AvgIpc) is 2.17. The molecule has 0 spiro atoms. The number of rotatable bonds is 2. The van der Waals surface area contributed by atoms with Crippen LogP contribution >= 0.6 is 7.60 Å². The number of hydrogen-bond donors (Lipinski definition) is 6.